The fraction of sp³-hybridized carbons (Fsp3) is 0.250. The summed E-state index contributed by atoms with van der Waals surface area (Å²) in [5.41, 5.74) is 5.20. The molecule has 0 spiro atoms. The lowest BCUT2D eigenvalue weighted by Gasteiger charge is -2.16. The molecule has 0 heterocycles. The molecule has 21 heavy (non-hydrogen) atoms. The molecule has 0 aliphatic heterocycles. The Bertz CT molecular complexity index is 702. The summed E-state index contributed by atoms with van der Waals surface area (Å²) in [6.45, 7) is 6.37. The van der Waals surface area contributed by atoms with Gasteiger partial charge in [0.2, 0.25) is 0 Å². The van der Waals surface area contributed by atoms with Gasteiger partial charge >= 0.3 is 0 Å². The first-order valence-electron chi connectivity index (χ1n) is 7.46. The van der Waals surface area contributed by atoms with Crippen molar-refractivity contribution in [3.63, 3.8) is 0 Å². The predicted octanol–water partition coefficient (Wildman–Crippen LogP) is 5.06. The van der Waals surface area contributed by atoms with Gasteiger partial charge in [-0.25, -0.2) is 0 Å². The predicted molar refractivity (Wildman–Crippen MR) is 91.1 cm³/mol. The van der Waals surface area contributed by atoms with Crippen LogP contribution in [0.25, 0.3) is 6.08 Å². The van der Waals surface area contributed by atoms with Crippen LogP contribution in [0.5, 0.6) is 0 Å². The minimum Gasteiger partial charge on any atom is -0.287 e. The number of hydrogen-bond acceptors (Lipinski definition) is 1. The van der Waals surface area contributed by atoms with Gasteiger partial charge in [0, 0.05) is 12.1 Å². The minimum absolute atomic E-state index is 0.0451. The van der Waals surface area contributed by atoms with Crippen molar-refractivity contribution in [3.05, 3.63) is 76.9 Å². The standard InChI is InChI=1S/C20H21N/c1-20(2,3)21-14-16-9-5-7-11-18(16)19-13-12-15-8-4-6-10-17(15)19/h4-14,19H,1-3H3/b21-14+. The summed E-state index contributed by atoms with van der Waals surface area (Å²) >= 11 is 0. The molecule has 0 radical (unpaired) electrons. The number of nitrogens with zero attached hydrogens (tertiary/aromatic N) is 1. The number of aliphatic imine (C=N–C) groups is 1. The highest BCUT2D eigenvalue weighted by molar-refractivity contribution is 5.83. The highest BCUT2D eigenvalue weighted by Gasteiger charge is 2.20. The van der Waals surface area contributed by atoms with Crippen molar-refractivity contribution in [2.45, 2.75) is 32.2 Å². The third-order valence-corrected chi connectivity index (χ3v) is 3.72. The van der Waals surface area contributed by atoms with Gasteiger partial charge < -0.3 is 0 Å². The van der Waals surface area contributed by atoms with Gasteiger partial charge in [0.1, 0.15) is 0 Å². The zero-order valence-corrected chi connectivity index (χ0v) is 12.9. The fourth-order valence-corrected chi connectivity index (χ4v) is 2.70. The van der Waals surface area contributed by atoms with Crippen molar-refractivity contribution in [3.8, 4) is 0 Å². The molecule has 0 fully saturated rings. The smallest absolute Gasteiger partial charge is 0.0524 e. The second-order valence-electron chi connectivity index (χ2n) is 6.52. The van der Waals surface area contributed by atoms with Crippen molar-refractivity contribution >= 4 is 12.3 Å². The fourth-order valence-electron chi connectivity index (χ4n) is 2.70. The lowest BCUT2D eigenvalue weighted by molar-refractivity contribution is 0.586. The van der Waals surface area contributed by atoms with E-state index in [1.54, 1.807) is 0 Å². The zero-order valence-electron chi connectivity index (χ0n) is 12.9. The van der Waals surface area contributed by atoms with Crippen LogP contribution in [-0.4, -0.2) is 11.8 Å². The maximum atomic E-state index is 4.67. The van der Waals surface area contributed by atoms with Gasteiger partial charge in [-0.1, -0.05) is 60.7 Å². The molecule has 1 nitrogen and oxygen atoms in total. The first kappa shape index (κ1) is 13.8. The first-order chi connectivity index (χ1) is 10.0. The van der Waals surface area contributed by atoms with Crippen LogP contribution in [-0.2, 0) is 0 Å². The SMILES string of the molecule is CC(C)(C)/N=C/c1ccccc1C1C=Cc2ccccc21. The van der Waals surface area contributed by atoms with Crippen LogP contribution in [0.15, 0.2) is 59.6 Å². The molecule has 1 aliphatic rings. The largest absolute Gasteiger partial charge is 0.287 e. The van der Waals surface area contributed by atoms with E-state index in [4.69, 9.17) is 0 Å². The van der Waals surface area contributed by atoms with Gasteiger partial charge in [-0.2, -0.15) is 0 Å². The molecule has 1 unspecified atom stereocenters. The molecule has 1 heteroatoms. The molecule has 1 aliphatic carbocycles. The lowest BCUT2D eigenvalue weighted by Crippen LogP contribution is -2.10. The topological polar surface area (TPSA) is 12.4 Å². The van der Waals surface area contributed by atoms with Crippen LogP contribution >= 0.6 is 0 Å². The molecular weight excluding hydrogens is 254 g/mol. The van der Waals surface area contributed by atoms with Crippen LogP contribution in [0.2, 0.25) is 0 Å². The normalized spacial score (nSPS) is 17.4. The molecular formula is C20H21N. The number of allylic oxidation sites excluding steroid dienone is 1. The summed E-state index contributed by atoms with van der Waals surface area (Å²) in [5, 5.41) is 0. The van der Waals surface area contributed by atoms with E-state index in [2.05, 4.69) is 86.4 Å². The Morgan fingerprint density at radius 2 is 1.57 bits per heavy atom. The van der Waals surface area contributed by atoms with Gasteiger partial charge in [-0.3, -0.25) is 4.99 Å². The summed E-state index contributed by atoms with van der Waals surface area (Å²) < 4.78 is 0. The van der Waals surface area contributed by atoms with E-state index < -0.39 is 0 Å². The molecule has 2 aromatic rings. The highest BCUT2D eigenvalue weighted by Crippen LogP contribution is 2.36. The van der Waals surface area contributed by atoms with Crippen LogP contribution in [0.3, 0.4) is 0 Å². The second-order valence-corrected chi connectivity index (χ2v) is 6.52. The summed E-state index contributed by atoms with van der Waals surface area (Å²) in [6, 6.07) is 17.2. The van der Waals surface area contributed by atoms with Crippen molar-refractivity contribution in [1.29, 1.82) is 0 Å². The molecule has 2 aromatic carbocycles. The summed E-state index contributed by atoms with van der Waals surface area (Å²) in [4.78, 5) is 4.67. The number of hydrogen-bond donors (Lipinski definition) is 0. The van der Waals surface area contributed by atoms with Crippen molar-refractivity contribution in [1.82, 2.24) is 0 Å². The summed E-state index contributed by atoms with van der Waals surface area (Å²) in [7, 11) is 0. The van der Waals surface area contributed by atoms with Gasteiger partial charge in [0.25, 0.3) is 0 Å². The van der Waals surface area contributed by atoms with Gasteiger partial charge in [-0.15, -0.1) is 0 Å². The molecule has 0 aromatic heterocycles. The Morgan fingerprint density at radius 1 is 0.905 bits per heavy atom. The van der Waals surface area contributed by atoms with Crippen LogP contribution in [0.1, 0.15) is 48.9 Å². The molecule has 0 N–H and O–H groups in total. The van der Waals surface area contributed by atoms with E-state index in [-0.39, 0.29) is 5.54 Å². The van der Waals surface area contributed by atoms with E-state index in [0.29, 0.717) is 5.92 Å². The maximum absolute atomic E-state index is 4.67. The monoisotopic (exact) mass is 275 g/mol. The quantitative estimate of drug-likeness (QED) is 0.679. The molecule has 1 atom stereocenters. The number of fused-ring (bicyclic) bond motifs is 1. The average molecular weight is 275 g/mol. The molecule has 3 rings (SSSR count). The minimum atomic E-state index is -0.0451. The van der Waals surface area contributed by atoms with E-state index >= 15 is 0 Å². The molecule has 0 saturated carbocycles. The zero-order chi connectivity index (χ0) is 14.9. The van der Waals surface area contributed by atoms with Gasteiger partial charge in [0.05, 0.1) is 5.54 Å². The van der Waals surface area contributed by atoms with Gasteiger partial charge in [0.15, 0.2) is 0 Å². The summed E-state index contributed by atoms with van der Waals surface area (Å²) in [5.74, 6) is 0.337. The van der Waals surface area contributed by atoms with Crippen LogP contribution in [0, 0.1) is 0 Å². The molecule has 0 amide bonds. The number of rotatable bonds is 2. The Hall–Kier alpha value is -2.15. The average Bonchev–Trinajstić information content (AvgIpc) is 2.88. The third kappa shape index (κ3) is 2.97. The van der Waals surface area contributed by atoms with E-state index in [0.717, 1.165) is 0 Å². The lowest BCUT2D eigenvalue weighted by atomic mass is 9.90. The Labute approximate surface area is 127 Å². The first-order valence-corrected chi connectivity index (χ1v) is 7.46. The van der Waals surface area contributed by atoms with Crippen LogP contribution in [0.4, 0.5) is 0 Å². The van der Waals surface area contributed by atoms with E-state index in [1.807, 2.05) is 6.21 Å². The number of benzene rings is 2. The van der Waals surface area contributed by atoms with Crippen molar-refractivity contribution in [2.24, 2.45) is 4.99 Å². The van der Waals surface area contributed by atoms with E-state index in [1.165, 1.54) is 22.3 Å². The van der Waals surface area contributed by atoms with Crippen molar-refractivity contribution < 1.29 is 0 Å². The molecule has 0 bridgehead atoms. The Morgan fingerprint density at radius 3 is 2.33 bits per heavy atom. The Balaban J connectivity index is 2.01. The Kier molecular flexibility index (Phi) is 3.50. The second kappa shape index (κ2) is 5.33. The molecule has 106 valence electrons. The van der Waals surface area contributed by atoms with Gasteiger partial charge in [-0.05, 0) is 43.0 Å². The van der Waals surface area contributed by atoms with Crippen LogP contribution < -0.4 is 0 Å². The third-order valence-electron chi connectivity index (χ3n) is 3.72. The van der Waals surface area contributed by atoms with E-state index in [9.17, 15) is 0 Å². The van der Waals surface area contributed by atoms with Crippen molar-refractivity contribution in [2.75, 3.05) is 0 Å². The summed E-state index contributed by atoms with van der Waals surface area (Å²) in [6.07, 6.45) is 6.52. The maximum Gasteiger partial charge on any atom is 0.0524 e. The highest BCUT2D eigenvalue weighted by atomic mass is 14.8. The molecule has 0 saturated heterocycles.